The molecular formula is C25H18N4O3. The van der Waals surface area contributed by atoms with E-state index in [9.17, 15) is 14.9 Å². The van der Waals surface area contributed by atoms with Gasteiger partial charge in [0.2, 0.25) is 0 Å². The molecule has 0 unspecified atom stereocenters. The van der Waals surface area contributed by atoms with Gasteiger partial charge >= 0.3 is 0 Å². The average Bonchev–Trinajstić information content (AvgIpc) is 3.19. The molecule has 7 heteroatoms. The van der Waals surface area contributed by atoms with E-state index in [1.807, 2.05) is 60.7 Å². The molecule has 0 saturated heterocycles. The average molecular weight is 422 g/mol. The quantitative estimate of drug-likeness (QED) is 0.323. The van der Waals surface area contributed by atoms with E-state index < -0.39 is 4.92 Å². The van der Waals surface area contributed by atoms with Gasteiger partial charge in [-0.05, 0) is 28.8 Å². The Morgan fingerprint density at radius 2 is 1.53 bits per heavy atom. The Balaban J connectivity index is 1.71. The lowest BCUT2D eigenvalue weighted by Crippen LogP contribution is -2.14. The fourth-order valence-electron chi connectivity index (χ4n) is 3.83. The molecule has 0 fully saturated rings. The maximum atomic E-state index is 13.0. The molecule has 2 heterocycles. The lowest BCUT2D eigenvalue weighted by molar-refractivity contribution is -0.384. The maximum Gasteiger partial charge on any atom is 0.274 e. The van der Waals surface area contributed by atoms with Gasteiger partial charge in [0.05, 0.1) is 16.3 Å². The van der Waals surface area contributed by atoms with Gasteiger partial charge in [-0.1, -0.05) is 60.7 Å². The summed E-state index contributed by atoms with van der Waals surface area (Å²) in [4.78, 5) is 26.8. The number of non-ortho nitro benzene ring substituents is 1. The third-order valence-electron chi connectivity index (χ3n) is 5.35. The Hall–Kier alpha value is -4.52. The van der Waals surface area contributed by atoms with Crippen molar-refractivity contribution in [2.45, 2.75) is 6.42 Å². The summed E-state index contributed by atoms with van der Waals surface area (Å²) in [7, 11) is 0. The first-order chi connectivity index (χ1) is 15.6. The van der Waals surface area contributed by atoms with E-state index in [-0.39, 0.29) is 11.2 Å². The number of benzene rings is 3. The third-order valence-corrected chi connectivity index (χ3v) is 5.35. The van der Waals surface area contributed by atoms with Crippen LogP contribution in [-0.4, -0.2) is 19.5 Å². The number of aromatic amines is 1. The van der Waals surface area contributed by atoms with Crippen molar-refractivity contribution in [3.63, 3.8) is 0 Å². The monoisotopic (exact) mass is 422 g/mol. The van der Waals surface area contributed by atoms with Crippen molar-refractivity contribution in [2.75, 3.05) is 0 Å². The molecule has 0 amide bonds. The van der Waals surface area contributed by atoms with E-state index in [2.05, 4.69) is 10.1 Å². The number of aromatic nitrogens is 3. The van der Waals surface area contributed by atoms with Gasteiger partial charge in [-0.25, -0.2) is 0 Å². The van der Waals surface area contributed by atoms with Crippen LogP contribution in [0.2, 0.25) is 0 Å². The second kappa shape index (κ2) is 7.96. The highest BCUT2D eigenvalue weighted by Crippen LogP contribution is 2.30. The van der Waals surface area contributed by atoms with Gasteiger partial charge in [-0.3, -0.25) is 14.9 Å². The molecule has 32 heavy (non-hydrogen) atoms. The number of nitro groups is 1. The van der Waals surface area contributed by atoms with Crippen molar-refractivity contribution in [3.8, 4) is 22.4 Å². The highest BCUT2D eigenvalue weighted by molar-refractivity contribution is 5.81. The lowest BCUT2D eigenvalue weighted by atomic mass is 10.0. The minimum absolute atomic E-state index is 0.00310. The first kappa shape index (κ1) is 19.4. The second-order valence-corrected chi connectivity index (χ2v) is 7.44. The second-order valence-electron chi connectivity index (χ2n) is 7.44. The van der Waals surface area contributed by atoms with Crippen LogP contribution >= 0.6 is 0 Å². The molecule has 5 rings (SSSR count). The van der Waals surface area contributed by atoms with Gasteiger partial charge in [0.25, 0.3) is 11.2 Å². The number of nitro benzene ring substituents is 1. The van der Waals surface area contributed by atoms with Crippen LogP contribution in [0.3, 0.4) is 0 Å². The zero-order chi connectivity index (χ0) is 22.1. The van der Waals surface area contributed by atoms with Gasteiger partial charge in [0.1, 0.15) is 5.65 Å². The summed E-state index contributed by atoms with van der Waals surface area (Å²) in [5, 5.41) is 15.6. The van der Waals surface area contributed by atoms with Crippen molar-refractivity contribution < 1.29 is 4.92 Å². The lowest BCUT2D eigenvalue weighted by Gasteiger charge is -2.06. The van der Waals surface area contributed by atoms with Crippen LogP contribution in [-0.2, 0) is 6.42 Å². The van der Waals surface area contributed by atoms with Gasteiger partial charge in [-0.15, -0.1) is 0 Å². The van der Waals surface area contributed by atoms with Crippen LogP contribution in [0.15, 0.2) is 95.8 Å². The molecule has 0 atom stereocenters. The van der Waals surface area contributed by atoms with E-state index in [1.54, 1.807) is 12.1 Å². The van der Waals surface area contributed by atoms with Crippen LogP contribution < -0.4 is 5.56 Å². The van der Waals surface area contributed by atoms with Crippen LogP contribution in [0.25, 0.3) is 28.0 Å². The van der Waals surface area contributed by atoms with E-state index in [0.29, 0.717) is 23.3 Å². The van der Waals surface area contributed by atoms with E-state index in [0.717, 1.165) is 22.4 Å². The molecule has 2 aromatic heterocycles. The van der Waals surface area contributed by atoms with E-state index >= 15 is 0 Å². The summed E-state index contributed by atoms with van der Waals surface area (Å²) >= 11 is 0. The summed E-state index contributed by atoms with van der Waals surface area (Å²) in [5.74, 6) is 0. The number of nitrogens with one attached hydrogen (secondary N) is 1. The Labute approximate surface area is 182 Å². The molecule has 7 nitrogen and oxygen atoms in total. The Bertz CT molecular complexity index is 1470. The fraction of sp³-hybridized carbons (Fsp3) is 0.0400. The normalized spacial score (nSPS) is 11.0. The molecule has 0 radical (unpaired) electrons. The minimum atomic E-state index is -0.448. The Morgan fingerprint density at radius 1 is 0.875 bits per heavy atom. The highest BCUT2D eigenvalue weighted by Gasteiger charge is 2.18. The Morgan fingerprint density at radius 3 is 2.19 bits per heavy atom. The van der Waals surface area contributed by atoms with Crippen molar-refractivity contribution in [1.82, 2.24) is 14.6 Å². The van der Waals surface area contributed by atoms with Crippen molar-refractivity contribution in [2.24, 2.45) is 0 Å². The molecule has 156 valence electrons. The summed E-state index contributed by atoms with van der Waals surface area (Å²) < 4.78 is 1.38. The van der Waals surface area contributed by atoms with Gasteiger partial charge in [0.15, 0.2) is 0 Å². The topological polar surface area (TPSA) is 93.3 Å². The molecule has 0 saturated carbocycles. The van der Waals surface area contributed by atoms with Crippen LogP contribution in [0.1, 0.15) is 11.3 Å². The van der Waals surface area contributed by atoms with Crippen molar-refractivity contribution in [3.05, 3.63) is 123 Å². The van der Waals surface area contributed by atoms with E-state index in [1.165, 1.54) is 22.7 Å². The molecule has 3 aromatic carbocycles. The standard InChI is InChI=1S/C25H18N4O3/c30-23-16-21(18-11-13-20(14-12-18)29(31)32)26-25-24(19-9-5-2-6-10-19)22(27-28(23)25)15-17-7-3-1-4-8-17/h1-14,16,26H,15H2. The molecule has 0 aliphatic heterocycles. The van der Waals surface area contributed by atoms with Crippen molar-refractivity contribution in [1.29, 1.82) is 0 Å². The molecule has 0 bridgehead atoms. The maximum absolute atomic E-state index is 13.0. The van der Waals surface area contributed by atoms with Crippen molar-refractivity contribution >= 4 is 11.3 Å². The highest BCUT2D eigenvalue weighted by atomic mass is 16.6. The summed E-state index contributed by atoms with van der Waals surface area (Å²) in [6.45, 7) is 0. The SMILES string of the molecule is O=c1cc(-c2ccc([N+](=O)[O-])cc2)[nH]c2c(-c3ccccc3)c(Cc3ccccc3)nn12. The third kappa shape index (κ3) is 3.56. The molecule has 0 aliphatic carbocycles. The molecule has 0 aliphatic rings. The first-order valence-corrected chi connectivity index (χ1v) is 10.1. The van der Waals surface area contributed by atoms with Gasteiger partial charge < -0.3 is 4.98 Å². The summed E-state index contributed by atoms with van der Waals surface area (Å²) in [5.41, 5.74) is 5.25. The predicted molar refractivity (Wildman–Crippen MR) is 123 cm³/mol. The molecule has 1 N–H and O–H groups in total. The van der Waals surface area contributed by atoms with E-state index in [4.69, 9.17) is 0 Å². The van der Waals surface area contributed by atoms with Gasteiger partial charge in [-0.2, -0.15) is 9.61 Å². The molecular weight excluding hydrogens is 404 g/mol. The fourth-order valence-corrected chi connectivity index (χ4v) is 3.83. The van der Waals surface area contributed by atoms with Crippen LogP contribution in [0.4, 0.5) is 5.69 Å². The zero-order valence-electron chi connectivity index (χ0n) is 16.9. The number of nitrogens with zero attached hydrogens (tertiary/aromatic N) is 3. The number of fused-ring (bicyclic) bond motifs is 1. The summed E-state index contributed by atoms with van der Waals surface area (Å²) in [6, 6.07) is 27.4. The molecule has 5 aromatic rings. The zero-order valence-corrected chi connectivity index (χ0v) is 16.9. The smallest absolute Gasteiger partial charge is 0.274 e. The number of rotatable bonds is 5. The molecule has 0 spiro atoms. The summed E-state index contributed by atoms with van der Waals surface area (Å²) in [6.07, 6.45) is 0.576. The number of hydrogen-bond acceptors (Lipinski definition) is 4. The minimum Gasteiger partial charge on any atom is -0.339 e. The number of H-pyrrole nitrogens is 1. The largest absolute Gasteiger partial charge is 0.339 e. The van der Waals surface area contributed by atoms with Crippen LogP contribution in [0.5, 0.6) is 0 Å². The van der Waals surface area contributed by atoms with Crippen LogP contribution in [0, 0.1) is 10.1 Å². The van der Waals surface area contributed by atoms with Gasteiger partial charge in [0, 0.05) is 30.2 Å². The first-order valence-electron chi connectivity index (χ1n) is 10.1. The predicted octanol–water partition coefficient (Wildman–Crippen LogP) is 4.86. The number of hydrogen-bond donors (Lipinski definition) is 1. The Kier molecular flexibility index (Phi) is 4.84.